The van der Waals surface area contributed by atoms with Gasteiger partial charge in [0.2, 0.25) is 0 Å². The molecule has 0 heterocycles. The molecule has 0 saturated carbocycles. The first-order valence-electron chi connectivity index (χ1n) is 5.96. The summed E-state index contributed by atoms with van der Waals surface area (Å²) in [7, 11) is -0.792. The van der Waals surface area contributed by atoms with Gasteiger partial charge in [0.1, 0.15) is 18.5 Å². The van der Waals surface area contributed by atoms with Gasteiger partial charge >= 0.3 is 0 Å². The molecule has 0 fully saturated rings. The van der Waals surface area contributed by atoms with Crippen molar-refractivity contribution in [3.05, 3.63) is 29.8 Å². The summed E-state index contributed by atoms with van der Waals surface area (Å²) in [6.07, 6.45) is 1.11. The summed E-state index contributed by atoms with van der Waals surface area (Å²) in [5, 5.41) is 12.7. The number of hydrogen-bond acceptors (Lipinski definition) is 4. The monoisotopic (exact) mass is 271 g/mol. The second kappa shape index (κ2) is 8.24. The van der Waals surface area contributed by atoms with Gasteiger partial charge in [0.15, 0.2) is 0 Å². The third-order valence-corrected chi connectivity index (χ3v) is 3.16. The van der Waals surface area contributed by atoms with Crippen LogP contribution < -0.4 is 10.1 Å². The fraction of sp³-hybridized carbons (Fsp3) is 0.538. The lowest BCUT2D eigenvalue weighted by molar-refractivity contribution is 0.107. The number of aryl methyl sites for hydroxylation is 1. The summed E-state index contributed by atoms with van der Waals surface area (Å²) in [6.45, 7) is 3.34. The van der Waals surface area contributed by atoms with Crippen LogP contribution in [0.1, 0.15) is 5.56 Å². The summed E-state index contributed by atoms with van der Waals surface area (Å²) >= 11 is 0. The van der Waals surface area contributed by atoms with Gasteiger partial charge in [-0.1, -0.05) is 12.1 Å². The second-order valence-electron chi connectivity index (χ2n) is 4.26. The number of rotatable bonds is 8. The van der Waals surface area contributed by atoms with Crippen molar-refractivity contribution in [3.8, 4) is 5.75 Å². The van der Waals surface area contributed by atoms with Crippen molar-refractivity contribution in [1.82, 2.24) is 5.32 Å². The molecule has 2 atom stereocenters. The summed E-state index contributed by atoms with van der Waals surface area (Å²) in [5.41, 5.74) is 1.13. The summed E-state index contributed by atoms with van der Waals surface area (Å²) in [5.74, 6) is 1.37. The lowest BCUT2D eigenvalue weighted by Gasteiger charge is -2.13. The summed E-state index contributed by atoms with van der Waals surface area (Å²) in [6, 6.07) is 7.72. The van der Waals surface area contributed by atoms with Gasteiger partial charge < -0.3 is 15.2 Å². The van der Waals surface area contributed by atoms with E-state index in [9.17, 15) is 9.32 Å². The van der Waals surface area contributed by atoms with Crippen LogP contribution in [0.15, 0.2) is 24.3 Å². The number of aliphatic hydroxyl groups is 1. The first-order chi connectivity index (χ1) is 8.58. The highest BCUT2D eigenvalue weighted by Gasteiger charge is 2.05. The largest absolute Gasteiger partial charge is 0.491 e. The molecule has 2 N–H and O–H groups in total. The Morgan fingerprint density at radius 1 is 1.50 bits per heavy atom. The number of hydrogen-bond donors (Lipinski definition) is 2. The molecule has 0 bridgehead atoms. The van der Waals surface area contributed by atoms with E-state index in [0.29, 0.717) is 18.8 Å². The van der Waals surface area contributed by atoms with Crippen LogP contribution in [0.2, 0.25) is 0 Å². The fourth-order valence-corrected chi connectivity index (χ4v) is 1.87. The average molecular weight is 271 g/mol. The van der Waals surface area contributed by atoms with Gasteiger partial charge in [-0.25, -0.2) is 0 Å². The molecule has 4 nitrogen and oxygen atoms in total. The third-order valence-electron chi connectivity index (χ3n) is 2.38. The van der Waals surface area contributed by atoms with Gasteiger partial charge in [-0.3, -0.25) is 4.21 Å². The number of aliphatic hydroxyl groups excluding tert-OH is 1. The second-order valence-corrected chi connectivity index (χ2v) is 5.82. The molecule has 0 aromatic heterocycles. The maximum Gasteiger partial charge on any atom is 0.119 e. The molecule has 1 aromatic rings. The molecule has 0 saturated heterocycles. The van der Waals surface area contributed by atoms with E-state index in [4.69, 9.17) is 4.74 Å². The van der Waals surface area contributed by atoms with Crippen LogP contribution in [0.4, 0.5) is 0 Å². The lowest BCUT2D eigenvalue weighted by atomic mass is 10.2. The van der Waals surface area contributed by atoms with E-state index in [1.54, 1.807) is 6.26 Å². The summed E-state index contributed by atoms with van der Waals surface area (Å²) < 4.78 is 16.3. The van der Waals surface area contributed by atoms with Gasteiger partial charge in [0.25, 0.3) is 0 Å². The van der Waals surface area contributed by atoms with Crippen molar-refractivity contribution in [3.63, 3.8) is 0 Å². The van der Waals surface area contributed by atoms with Crippen LogP contribution >= 0.6 is 0 Å². The molecule has 18 heavy (non-hydrogen) atoms. The zero-order valence-electron chi connectivity index (χ0n) is 10.9. The number of nitrogens with one attached hydrogen (secondary N) is 1. The highest BCUT2D eigenvalue weighted by molar-refractivity contribution is 7.84. The van der Waals surface area contributed by atoms with Gasteiger partial charge in [-0.05, 0) is 24.6 Å². The lowest BCUT2D eigenvalue weighted by Crippen LogP contribution is -2.33. The zero-order valence-corrected chi connectivity index (χ0v) is 11.7. The van der Waals surface area contributed by atoms with Crippen LogP contribution in [0.5, 0.6) is 5.75 Å². The molecule has 0 spiro atoms. The van der Waals surface area contributed by atoms with E-state index in [1.807, 2.05) is 31.2 Å². The Hall–Kier alpha value is -0.910. The maximum atomic E-state index is 10.8. The molecule has 5 heteroatoms. The Balaban J connectivity index is 2.17. The molecule has 0 aliphatic heterocycles. The average Bonchev–Trinajstić information content (AvgIpc) is 2.32. The van der Waals surface area contributed by atoms with E-state index in [-0.39, 0.29) is 6.61 Å². The van der Waals surface area contributed by atoms with Crippen molar-refractivity contribution in [2.24, 2.45) is 0 Å². The Labute approximate surface area is 111 Å². The van der Waals surface area contributed by atoms with E-state index in [1.165, 1.54) is 0 Å². The highest BCUT2D eigenvalue weighted by atomic mass is 32.2. The van der Waals surface area contributed by atoms with Crippen molar-refractivity contribution in [1.29, 1.82) is 0 Å². The summed E-state index contributed by atoms with van der Waals surface area (Å²) in [4.78, 5) is 0. The van der Waals surface area contributed by atoms with Gasteiger partial charge in [-0.15, -0.1) is 0 Å². The van der Waals surface area contributed by atoms with Crippen LogP contribution in [0.3, 0.4) is 0 Å². The minimum Gasteiger partial charge on any atom is -0.491 e. The van der Waals surface area contributed by atoms with Gasteiger partial charge in [0.05, 0.1) is 0 Å². The number of ether oxygens (including phenoxy) is 1. The first-order valence-corrected chi connectivity index (χ1v) is 7.69. The first kappa shape index (κ1) is 15.1. The van der Waals surface area contributed by atoms with Crippen LogP contribution in [-0.4, -0.2) is 47.1 Å². The van der Waals surface area contributed by atoms with Crippen molar-refractivity contribution in [2.45, 2.75) is 13.0 Å². The molecule has 0 amide bonds. The van der Waals surface area contributed by atoms with E-state index in [0.717, 1.165) is 11.3 Å². The minimum absolute atomic E-state index is 0.256. The van der Waals surface area contributed by atoms with Crippen molar-refractivity contribution in [2.75, 3.05) is 31.7 Å². The fourth-order valence-electron chi connectivity index (χ4n) is 1.44. The highest BCUT2D eigenvalue weighted by Crippen LogP contribution is 2.12. The predicted octanol–water partition coefficient (Wildman–Crippen LogP) is 0.703. The van der Waals surface area contributed by atoms with Gasteiger partial charge in [-0.2, -0.15) is 0 Å². The van der Waals surface area contributed by atoms with Crippen molar-refractivity contribution >= 4 is 10.8 Å². The SMILES string of the molecule is Cc1cccc(OCC(O)CNCCS(C)=O)c1. The topological polar surface area (TPSA) is 58.6 Å². The molecular formula is C13H21NO3S. The molecule has 102 valence electrons. The predicted molar refractivity (Wildman–Crippen MR) is 74.5 cm³/mol. The Bertz CT molecular complexity index is 384. The molecule has 1 aromatic carbocycles. The maximum absolute atomic E-state index is 10.8. The molecular weight excluding hydrogens is 250 g/mol. The smallest absolute Gasteiger partial charge is 0.119 e. The molecule has 2 unspecified atom stereocenters. The van der Waals surface area contributed by atoms with Gasteiger partial charge in [0, 0.05) is 35.9 Å². The molecule has 1 rings (SSSR count). The van der Waals surface area contributed by atoms with E-state index in [2.05, 4.69) is 5.32 Å². The molecule has 0 aliphatic carbocycles. The standard InChI is InChI=1S/C13H21NO3S/c1-11-4-3-5-13(8-11)17-10-12(15)9-14-6-7-18(2)16/h3-5,8,12,14-15H,6-7,9-10H2,1-2H3. The number of benzene rings is 1. The van der Waals surface area contributed by atoms with Crippen molar-refractivity contribution < 1.29 is 14.1 Å². The Morgan fingerprint density at radius 3 is 2.94 bits per heavy atom. The van der Waals surface area contributed by atoms with Crippen LogP contribution in [0, 0.1) is 6.92 Å². The molecule has 0 radical (unpaired) electrons. The molecule has 0 aliphatic rings. The normalized spacial score (nSPS) is 14.2. The zero-order chi connectivity index (χ0) is 13.4. The minimum atomic E-state index is -0.792. The van der Waals surface area contributed by atoms with E-state index >= 15 is 0 Å². The Morgan fingerprint density at radius 2 is 2.28 bits per heavy atom. The van der Waals surface area contributed by atoms with Crippen LogP contribution in [-0.2, 0) is 10.8 Å². The van der Waals surface area contributed by atoms with Crippen LogP contribution in [0.25, 0.3) is 0 Å². The van der Waals surface area contributed by atoms with E-state index < -0.39 is 16.9 Å². The quantitative estimate of drug-likeness (QED) is 0.684. The third kappa shape index (κ3) is 6.74. The Kier molecular flexibility index (Phi) is 6.93.